The summed E-state index contributed by atoms with van der Waals surface area (Å²) in [5.74, 6) is -2.25. The van der Waals surface area contributed by atoms with E-state index in [0.29, 0.717) is 5.56 Å². The van der Waals surface area contributed by atoms with Crippen LogP contribution >= 0.6 is 0 Å². The molecule has 0 fully saturated rings. The van der Waals surface area contributed by atoms with E-state index in [1.165, 1.54) is 24.3 Å². The second-order valence-corrected chi connectivity index (χ2v) is 4.81. The van der Waals surface area contributed by atoms with Crippen molar-refractivity contribution in [2.75, 3.05) is 6.54 Å². The van der Waals surface area contributed by atoms with Crippen LogP contribution in [0.4, 0.5) is 18.0 Å². The Labute approximate surface area is 131 Å². The van der Waals surface area contributed by atoms with E-state index in [2.05, 4.69) is 10.6 Å². The molecule has 0 saturated heterocycles. The van der Waals surface area contributed by atoms with Crippen molar-refractivity contribution in [3.05, 3.63) is 71.0 Å². The van der Waals surface area contributed by atoms with E-state index in [4.69, 9.17) is 0 Å². The maximum atomic E-state index is 13.5. The number of carbonyl (C=O) groups excluding carboxylic acids is 1. The van der Waals surface area contributed by atoms with E-state index >= 15 is 0 Å². The Morgan fingerprint density at radius 1 is 0.957 bits per heavy atom. The van der Waals surface area contributed by atoms with Crippen LogP contribution in [0.2, 0.25) is 0 Å². The van der Waals surface area contributed by atoms with Gasteiger partial charge in [-0.05, 0) is 18.2 Å². The Bertz CT molecular complexity index is 675. The van der Waals surface area contributed by atoms with Gasteiger partial charge < -0.3 is 15.7 Å². The maximum absolute atomic E-state index is 13.5. The first kappa shape index (κ1) is 16.8. The van der Waals surface area contributed by atoms with E-state index in [-0.39, 0.29) is 13.1 Å². The van der Waals surface area contributed by atoms with E-state index < -0.39 is 35.2 Å². The van der Waals surface area contributed by atoms with Gasteiger partial charge in [0.2, 0.25) is 0 Å². The predicted octanol–water partition coefficient (Wildman–Crippen LogP) is 2.64. The number of halogens is 3. The molecule has 0 aliphatic heterocycles. The molecule has 0 saturated carbocycles. The zero-order valence-corrected chi connectivity index (χ0v) is 12.0. The highest BCUT2D eigenvalue weighted by atomic mass is 19.1. The van der Waals surface area contributed by atoms with Crippen molar-refractivity contribution < 1.29 is 23.1 Å². The lowest BCUT2D eigenvalue weighted by Crippen LogP contribution is -2.37. The van der Waals surface area contributed by atoms with Crippen LogP contribution in [0.3, 0.4) is 0 Å². The van der Waals surface area contributed by atoms with Gasteiger partial charge in [-0.2, -0.15) is 0 Å². The summed E-state index contributed by atoms with van der Waals surface area (Å²) in [6.45, 7) is -0.441. The Morgan fingerprint density at radius 3 is 2.22 bits per heavy atom. The highest BCUT2D eigenvalue weighted by Crippen LogP contribution is 2.19. The first-order valence-corrected chi connectivity index (χ1v) is 6.86. The zero-order valence-electron chi connectivity index (χ0n) is 12.0. The standard InChI is InChI=1S/C16H15F3N2O2/c17-11-5-2-1-4-10(11)8-20-16(23)21-9-14(22)15-12(18)6-3-7-13(15)19/h1-7,14,22H,8-9H2,(H2,20,21,23). The summed E-state index contributed by atoms with van der Waals surface area (Å²) in [5.41, 5.74) is -0.217. The van der Waals surface area contributed by atoms with Crippen molar-refractivity contribution in [1.82, 2.24) is 10.6 Å². The van der Waals surface area contributed by atoms with Gasteiger partial charge in [0.05, 0.1) is 5.56 Å². The van der Waals surface area contributed by atoms with Crippen molar-refractivity contribution in [2.45, 2.75) is 12.6 Å². The van der Waals surface area contributed by atoms with Crippen LogP contribution in [-0.2, 0) is 6.54 Å². The molecule has 7 heteroatoms. The summed E-state index contributed by atoms with van der Waals surface area (Å²) in [7, 11) is 0. The molecule has 2 aromatic rings. The molecule has 0 bridgehead atoms. The van der Waals surface area contributed by atoms with Gasteiger partial charge in [0.15, 0.2) is 0 Å². The first-order valence-electron chi connectivity index (χ1n) is 6.86. The number of aliphatic hydroxyl groups excluding tert-OH is 1. The van der Waals surface area contributed by atoms with Crippen LogP contribution in [0.5, 0.6) is 0 Å². The molecule has 2 aromatic carbocycles. The van der Waals surface area contributed by atoms with Gasteiger partial charge in [0, 0.05) is 18.7 Å². The Kier molecular flexibility index (Phi) is 5.59. The molecule has 1 unspecified atom stereocenters. The van der Waals surface area contributed by atoms with E-state index in [0.717, 1.165) is 12.1 Å². The van der Waals surface area contributed by atoms with Gasteiger partial charge in [-0.3, -0.25) is 0 Å². The lowest BCUT2D eigenvalue weighted by molar-refractivity contribution is 0.164. The Morgan fingerprint density at radius 2 is 1.57 bits per heavy atom. The largest absolute Gasteiger partial charge is 0.386 e. The van der Waals surface area contributed by atoms with Crippen molar-refractivity contribution in [3.8, 4) is 0 Å². The predicted molar refractivity (Wildman–Crippen MR) is 78.0 cm³/mol. The van der Waals surface area contributed by atoms with E-state index in [9.17, 15) is 23.1 Å². The third kappa shape index (κ3) is 4.46. The highest BCUT2D eigenvalue weighted by molar-refractivity contribution is 5.73. The van der Waals surface area contributed by atoms with Crippen LogP contribution in [-0.4, -0.2) is 17.7 Å². The number of nitrogens with one attached hydrogen (secondary N) is 2. The smallest absolute Gasteiger partial charge is 0.315 e. The lowest BCUT2D eigenvalue weighted by atomic mass is 10.1. The summed E-state index contributed by atoms with van der Waals surface area (Å²) in [6, 6.07) is 8.44. The molecule has 0 spiro atoms. The highest BCUT2D eigenvalue weighted by Gasteiger charge is 2.18. The average molecular weight is 324 g/mol. The van der Waals surface area contributed by atoms with Crippen molar-refractivity contribution >= 4 is 6.03 Å². The van der Waals surface area contributed by atoms with E-state index in [1.807, 2.05) is 0 Å². The minimum Gasteiger partial charge on any atom is -0.386 e. The van der Waals surface area contributed by atoms with Crippen LogP contribution in [0, 0.1) is 17.5 Å². The zero-order chi connectivity index (χ0) is 16.8. The Balaban J connectivity index is 1.86. The van der Waals surface area contributed by atoms with Gasteiger partial charge in [0.25, 0.3) is 0 Å². The summed E-state index contributed by atoms with van der Waals surface area (Å²) >= 11 is 0. The molecular formula is C16H15F3N2O2. The van der Waals surface area contributed by atoms with Crippen LogP contribution in [0.25, 0.3) is 0 Å². The van der Waals surface area contributed by atoms with Gasteiger partial charge >= 0.3 is 6.03 Å². The number of carbonyl (C=O) groups is 1. The third-order valence-corrected chi connectivity index (χ3v) is 3.19. The van der Waals surface area contributed by atoms with Crippen LogP contribution in [0.15, 0.2) is 42.5 Å². The van der Waals surface area contributed by atoms with Crippen LogP contribution < -0.4 is 10.6 Å². The summed E-state index contributed by atoms with van der Waals surface area (Å²) in [5, 5.41) is 14.4. The molecule has 0 aliphatic carbocycles. The van der Waals surface area contributed by atoms with Crippen molar-refractivity contribution in [3.63, 3.8) is 0 Å². The minimum absolute atomic E-state index is 0.0529. The summed E-state index contributed by atoms with van der Waals surface area (Å²) < 4.78 is 40.3. The molecule has 4 nitrogen and oxygen atoms in total. The molecule has 0 aromatic heterocycles. The molecular weight excluding hydrogens is 309 g/mol. The molecule has 2 amide bonds. The quantitative estimate of drug-likeness (QED) is 0.792. The maximum Gasteiger partial charge on any atom is 0.315 e. The number of urea groups is 1. The van der Waals surface area contributed by atoms with Gasteiger partial charge in [-0.15, -0.1) is 0 Å². The molecule has 3 N–H and O–H groups in total. The first-order chi connectivity index (χ1) is 11.0. The lowest BCUT2D eigenvalue weighted by Gasteiger charge is -2.14. The minimum atomic E-state index is -1.53. The molecule has 122 valence electrons. The average Bonchev–Trinajstić information content (AvgIpc) is 2.52. The van der Waals surface area contributed by atoms with Gasteiger partial charge in [-0.1, -0.05) is 24.3 Å². The fourth-order valence-corrected chi connectivity index (χ4v) is 2.00. The second-order valence-electron chi connectivity index (χ2n) is 4.81. The monoisotopic (exact) mass is 324 g/mol. The topological polar surface area (TPSA) is 61.4 Å². The number of amides is 2. The fourth-order valence-electron chi connectivity index (χ4n) is 2.00. The fraction of sp³-hybridized carbons (Fsp3) is 0.188. The SMILES string of the molecule is O=C(NCc1ccccc1F)NCC(O)c1c(F)cccc1F. The van der Waals surface area contributed by atoms with E-state index in [1.54, 1.807) is 6.07 Å². The molecule has 1 atom stereocenters. The normalized spacial score (nSPS) is 11.8. The van der Waals surface area contributed by atoms with Gasteiger partial charge in [0.1, 0.15) is 23.6 Å². The number of hydrogen-bond acceptors (Lipinski definition) is 2. The molecule has 2 rings (SSSR count). The number of aliphatic hydroxyl groups is 1. The van der Waals surface area contributed by atoms with Crippen molar-refractivity contribution in [2.24, 2.45) is 0 Å². The summed E-state index contributed by atoms with van der Waals surface area (Å²) in [4.78, 5) is 11.6. The summed E-state index contributed by atoms with van der Waals surface area (Å²) in [6.07, 6.45) is -1.53. The van der Waals surface area contributed by atoms with Gasteiger partial charge in [-0.25, -0.2) is 18.0 Å². The number of hydrogen-bond donors (Lipinski definition) is 3. The molecule has 23 heavy (non-hydrogen) atoms. The molecule has 0 heterocycles. The molecule has 0 radical (unpaired) electrons. The molecule has 0 aliphatic rings. The number of benzene rings is 2. The Hall–Kier alpha value is -2.54. The third-order valence-electron chi connectivity index (χ3n) is 3.19. The number of rotatable bonds is 5. The van der Waals surface area contributed by atoms with Crippen molar-refractivity contribution in [1.29, 1.82) is 0 Å². The second kappa shape index (κ2) is 7.64. The van der Waals surface area contributed by atoms with Crippen LogP contribution in [0.1, 0.15) is 17.2 Å².